The van der Waals surface area contributed by atoms with Crippen molar-refractivity contribution in [2.75, 3.05) is 37.6 Å². The van der Waals surface area contributed by atoms with Crippen LogP contribution in [-0.4, -0.2) is 37.6 Å². The fourth-order valence-corrected chi connectivity index (χ4v) is 2.71. The molecule has 1 aliphatic rings. The van der Waals surface area contributed by atoms with Gasteiger partial charge in [0, 0.05) is 45.0 Å². The van der Waals surface area contributed by atoms with Crippen molar-refractivity contribution in [3.63, 3.8) is 0 Å². The molecule has 2 rings (SSSR count). The molecule has 0 spiro atoms. The zero-order chi connectivity index (χ0) is 13.8. The molecule has 0 amide bonds. The van der Waals surface area contributed by atoms with Crippen molar-refractivity contribution >= 4 is 5.69 Å². The molecule has 1 aliphatic heterocycles. The van der Waals surface area contributed by atoms with Gasteiger partial charge in [-0.2, -0.15) is 0 Å². The van der Waals surface area contributed by atoms with E-state index in [9.17, 15) is 4.39 Å². The Morgan fingerprint density at radius 2 is 1.89 bits per heavy atom. The fourth-order valence-electron chi connectivity index (χ4n) is 2.71. The summed E-state index contributed by atoms with van der Waals surface area (Å²) in [5.74, 6) is 0.500. The van der Waals surface area contributed by atoms with Gasteiger partial charge in [0.15, 0.2) is 0 Å². The molecule has 4 heteroatoms. The van der Waals surface area contributed by atoms with E-state index in [0.29, 0.717) is 12.5 Å². The third-order valence-corrected chi connectivity index (χ3v) is 3.60. The molecule has 106 valence electrons. The number of piperazine rings is 1. The maximum Gasteiger partial charge on any atom is 0.123 e. The Bertz CT molecular complexity index is 412. The predicted octanol–water partition coefficient (Wildman–Crippen LogP) is 2.06. The lowest BCUT2D eigenvalue weighted by molar-refractivity contribution is 0.231. The van der Waals surface area contributed by atoms with E-state index in [4.69, 9.17) is 5.73 Å². The quantitative estimate of drug-likeness (QED) is 0.904. The van der Waals surface area contributed by atoms with Crippen LogP contribution in [0, 0.1) is 11.7 Å². The maximum absolute atomic E-state index is 13.2. The topological polar surface area (TPSA) is 32.5 Å². The fraction of sp³-hybridized carbons (Fsp3) is 0.600. The van der Waals surface area contributed by atoms with Crippen LogP contribution in [0.2, 0.25) is 0 Å². The van der Waals surface area contributed by atoms with E-state index >= 15 is 0 Å². The predicted molar refractivity (Wildman–Crippen MR) is 77.8 cm³/mol. The van der Waals surface area contributed by atoms with Gasteiger partial charge in [0.2, 0.25) is 0 Å². The largest absolute Gasteiger partial charge is 0.369 e. The van der Waals surface area contributed by atoms with Gasteiger partial charge in [0.05, 0.1) is 0 Å². The number of hydrogen-bond acceptors (Lipinski definition) is 3. The number of rotatable bonds is 4. The molecule has 1 aromatic carbocycles. The molecule has 0 radical (unpaired) electrons. The van der Waals surface area contributed by atoms with Crippen molar-refractivity contribution in [1.82, 2.24) is 4.90 Å². The second-order valence-electron chi connectivity index (χ2n) is 5.66. The summed E-state index contributed by atoms with van der Waals surface area (Å²) in [5, 5.41) is 0. The molecule has 2 N–H and O–H groups in total. The summed E-state index contributed by atoms with van der Waals surface area (Å²) >= 11 is 0. The molecular weight excluding hydrogens is 241 g/mol. The van der Waals surface area contributed by atoms with E-state index in [-0.39, 0.29) is 5.82 Å². The number of benzene rings is 1. The first-order valence-electron chi connectivity index (χ1n) is 7.06. The first-order valence-corrected chi connectivity index (χ1v) is 7.06. The lowest BCUT2D eigenvalue weighted by Gasteiger charge is -2.37. The third kappa shape index (κ3) is 3.67. The van der Waals surface area contributed by atoms with Crippen LogP contribution >= 0.6 is 0 Å². The lowest BCUT2D eigenvalue weighted by atomic mass is 10.1. The molecule has 19 heavy (non-hydrogen) atoms. The minimum atomic E-state index is -0.206. The molecule has 0 aromatic heterocycles. The van der Waals surface area contributed by atoms with Crippen LogP contribution in [0.3, 0.4) is 0 Å². The van der Waals surface area contributed by atoms with Gasteiger partial charge in [-0.1, -0.05) is 13.8 Å². The Morgan fingerprint density at radius 3 is 2.47 bits per heavy atom. The summed E-state index contributed by atoms with van der Waals surface area (Å²) in [6, 6.07) is 4.93. The number of hydrogen-bond donors (Lipinski definition) is 1. The highest BCUT2D eigenvalue weighted by atomic mass is 19.1. The standard InChI is InChI=1S/C15H24FN3/c1-12(2)11-18-5-7-19(8-6-18)15-4-3-14(16)9-13(15)10-17/h3-4,9,12H,5-8,10-11,17H2,1-2H3. The third-order valence-electron chi connectivity index (χ3n) is 3.60. The highest BCUT2D eigenvalue weighted by molar-refractivity contribution is 5.54. The van der Waals surface area contributed by atoms with Crippen molar-refractivity contribution in [3.8, 4) is 0 Å². The van der Waals surface area contributed by atoms with Crippen LogP contribution in [0.1, 0.15) is 19.4 Å². The minimum Gasteiger partial charge on any atom is -0.369 e. The van der Waals surface area contributed by atoms with Gasteiger partial charge < -0.3 is 10.6 Å². The molecule has 0 aliphatic carbocycles. The van der Waals surface area contributed by atoms with Gasteiger partial charge in [-0.25, -0.2) is 4.39 Å². The Labute approximate surface area is 115 Å². The van der Waals surface area contributed by atoms with E-state index in [0.717, 1.165) is 44.0 Å². The summed E-state index contributed by atoms with van der Waals surface area (Å²) in [5.41, 5.74) is 7.71. The SMILES string of the molecule is CC(C)CN1CCN(c2ccc(F)cc2CN)CC1. The van der Waals surface area contributed by atoms with Crippen LogP contribution in [-0.2, 0) is 6.54 Å². The van der Waals surface area contributed by atoms with Gasteiger partial charge >= 0.3 is 0 Å². The van der Waals surface area contributed by atoms with E-state index in [1.54, 1.807) is 6.07 Å². The normalized spacial score (nSPS) is 17.2. The van der Waals surface area contributed by atoms with Crippen LogP contribution in [0.25, 0.3) is 0 Å². The molecule has 0 saturated carbocycles. The minimum absolute atomic E-state index is 0.206. The Morgan fingerprint density at radius 1 is 1.21 bits per heavy atom. The molecule has 1 heterocycles. The smallest absolute Gasteiger partial charge is 0.123 e. The summed E-state index contributed by atoms with van der Waals surface area (Å²) in [6.45, 7) is 10.2. The lowest BCUT2D eigenvalue weighted by Crippen LogP contribution is -2.47. The monoisotopic (exact) mass is 265 g/mol. The number of anilines is 1. The Hall–Kier alpha value is -1.13. The van der Waals surface area contributed by atoms with Crippen LogP contribution < -0.4 is 10.6 Å². The second-order valence-corrected chi connectivity index (χ2v) is 5.66. The first-order chi connectivity index (χ1) is 9.10. The average Bonchev–Trinajstić information content (AvgIpc) is 2.39. The summed E-state index contributed by atoms with van der Waals surface area (Å²) in [6.07, 6.45) is 0. The van der Waals surface area contributed by atoms with Crippen molar-refractivity contribution in [2.24, 2.45) is 11.7 Å². The molecule has 1 fully saturated rings. The van der Waals surface area contributed by atoms with Crippen molar-refractivity contribution < 1.29 is 4.39 Å². The molecule has 0 unspecified atom stereocenters. The second kappa shape index (κ2) is 6.35. The zero-order valence-corrected chi connectivity index (χ0v) is 11.9. The molecule has 1 saturated heterocycles. The average molecular weight is 265 g/mol. The molecule has 3 nitrogen and oxygen atoms in total. The van der Waals surface area contributed by atoms with Crippen molar-refractivity contribution in [3.05, 3.63) is 29.6 Å². The van der Waals surface area contributed by atoms with Crippen molar-refractivity contribution in [1.29, 1.82) is 0 Å². The van der Waals surface area contributed by atoms with Gasteiger partial charge in [-0.15, -0.1) is 0 Å². The summed E-state index contributed by atoms with van der Waals surface area (Å²) in [7, 11) is 0. The van der Waals surface area contributed by atoms with Gasteiger partial charge in [0.1, 0.15) is 5.82 Å². The van der Waals surface area contributed by atoms with Crippen LogP contribution in [0.5, 0.6) is 0 Å². The van der Waals surface area contributed by atoms with E-state index in [1.807, 2.05) is 6.07 Å². The molecule has 0 bridgehead atoms. The van der Waals surface area contributed by atoms with Crippen molar-refractivity contribution in [2.45, 2.75) is 20.4 Å². The van der Waals surface area contributed by atoms with Gasteiger partial charge in [-0.3, -0.25) is 4.90 Å². The molecular formula is C15H24FN3. The number of nitrogens with two attached hydrogens (primary N) is 1. The van der Waals surface area contributed by atoms with Gasteiger partial charge in [0.25, 0.3) is 0 Å². The first kappa shape index (κ1) is 14.3. The summed E-state index contributed by atoms with van der Waals surface area (Å²) in [4.78, 5) is 4.81. The zero-order valence-electron chi connectivity index (χ0n) is 11.9. The number of halogens is 1. The maximum atomic E-state index is 13.2. The Kier molecular flexibility index (Phi) is 4.77. The van der Waals surface area contributed by atoms with Crippen LogP contribution in [0.4, 0.5) is 10.1 Å². The van der Waals surface area contributed by atoms with E-state index in [2.05, 4.69) is 23.6 Å². The van der Waals surface area contributed by atoms with Crippen LogP contribution in [0.15, 0.2) is 18.2 Å². The highest BCUT2D eigenvalue weighted by Gasteiger charge is 2.19. The highest BCUT2D eigenvalue weighted by Crippen LogP contribution is 2.23. The molecule has 0 atom stereocenters. The number of nitrogens with zero attached hydrogens (tertiary/aromatic N) is 2. The van der Waals surface area contributed by atoms with Gasteiger partial charge in [-0.05, 0) is 29.7 Å². The molecule has 1 aromatic rings. The van der Waals surface area contributed by atoms with E-state index < -0.39 is 0 Å². The Balaban J connectivity index is 2.01. The van der Waals surface area contributed by atoms with E-state index in [1.165, 1.54) is 6.07 Å². The summed E-state index contributed by atoms with van der Waals surface area (Å²) < 4.78 is 13.2.